The molecule has 78 valence electrons. The van der Waals surface area contributed by atoms with Crippen molar-refractivity contribution >= 4 is 0 Å². The Balaban J connectivity index is 2.52. The summed E-state index contributed by atoms with van der Waals surface area (Å²) in [5.41, 5.74) is -0.100. The van der Waals surface area contributed by atoms with E-state index in [4.69, 9.17) is 9.47 Å². The third-order valence-corrected chi connectivity index (χ3v) is 2.24. The van der Waals surface area contributed by atoms with Crippen LogP contribution >= 0.6 is 0 Å². The molecule has 2 nitrogen and oxygen atoms in total. The minimum Gasteiger partial charge on any atom is -0.352 e. The van der Waals surface area contributed by atoms with Gasteiger partial charge in [-0.05, 0) is 5.41 Å². The van der Waals surface area contributed by atoms with Crippen LogP contribution in [0.25, 0.3) is 0 Å². The second-order valence-electron chi connectivity index (χ2n) is 4.41. The molecule has 0 aliphatic carbocycles. The average Bonchev–Trinajstić information content (AvgIpc) is 2.03. The SMILES string of the molecule is CC(C)(C)[C@H]1C[C@H](C(F)F)OCO1. The predicted molar refractivity (Wildman–Crippen MR) is 44.7 cm³/mol. The molecule has 0 radical (unpaired) electrons. The molecule has 1 fully saturated rings. The summed E-state index contributed by atoms with van der Waals surface area (Å²) in [5, 5.41) is 0. The zero-order valence-corrected chi connectivity index (χ0v) is 8.22. The summed E-state index contributed by atoms with van der Waals surface area (Å²) in [6.45, 7) is 5.92. The second kappa shape index (κ2) is 3.88. The Kier molecular flexibility index (Phi) is 3.24. The van der Waals surface area contributed by atoms with Gasteiger partial charge < -0.3 is 9.47 Å². The van der Waals surface area contributed by atoms with Crippen molar-refractivity contribution in [3.63, 3.8) is 0 Å². The number of hydrogen-bond acceptors (Lipinski definition) is 2. The van der Waals surface area contributed by atoms with E-state index < -0.39 is 12.5 Å². The molecule has 0 spiro atoms. The Morgan fingerprint density at radius 3 is 2.31 bits per heavy atom. The summed E-state index contributed by atoms with van der Waals surface area (Å²) in [7, 11) is 0. The zero-order chi connectivity index (χ0) is 10.1. The Bertz CT molecular complexity index is 165. The Morgan fingerprint density at radius 2 is 1.85 bits per heavy atom. The minimum atomic E-state index is -2.41. The first-order chi connectivity index (χ1) is 5.91. The first-order valence-electron chi connectivity index (χ1n) is 4.42. The molecule has 0 N–H and O–H groups in total. The Morgan fingerprint density at radius 1 is 1.23 bits per heavy atom. The van der Waals surface area contributed by atoms with Gasteiger partial charge in [-0.15, -0.1) is 0 Å². The fourth-order valence-electron chi connectivity index (χ4n) is 1.34. The van der Waals surface area contributed by atoms with E-state index in [2.05, 4.69) is 0 Å². The van der Waals surface area contributed by atoms with Crippen molar-refractivity contribution in [3.8, 4) is 0 Å². The topological polar surface area (TPSA) is 18.5 Å². The molecule has 0 aromatic carbocycles. The highest BCUT2D eigenvalue weighted by Crippen LogP contribution is 2.31. The van der Waals surface area contributed by atoms with Gasteiger partial charge in [0.1, 0.15) is 12.9 Å². The minimum absolute atomic E-state index is 0.0169. The van der Waals surface area contributed by atoms with Crippen molar-refractivity contribution in [2.45, 2.75) is 45.8 Å². The first-order valence-corrected chi connectivity index (χ1v) is 4.42. The number of ether oxygens (including phenoxy) is 2. The molecular formula is C9H16F2O2. The van der Waals surface area contributed by atoms with E-state index >= 15 is 0 Å². The van der Waals surface area contributed by atoms with Crippen LogP contribution in [0.5, 0.6) is 0 Å². The highest BCUT2D eigenvalue weighted by molar-refractivity contribution is 4.80. The van der Waals surface area contributed by atoms with Crippen LogP contribution in [-0.2, 0) is 9.47 Å². The third kappa shape index (κ3) is 2.88. The lowest BCUT2D eigenvalue weighted by molar-refractivity contribution is -0.226. The molecule has 2 atom stereocenters. The van der Waals surface area contributed by atoms with Gasteiger partial charge in [0.05, 0.1) is 6.10 Å². The fourth-order valence-corrected chi connectivity index (χ4v) is 1.34. The number of alkyl halides is 2. The molecule has 0 unspecified atom stereocenters. The van der Waals surface area contributed by atoms with Gasteiger partial charge in [0.25, 0.3) is 6.43 Å². The maximum atomic E-state index is 12.3. The summed E-state index contributed by atoms with van der Waals surface area (Å²) in [4.78, 5) is 0. The van der Waals surface area contributed by atoms with E-state index in [0.29, 0.717) is 0 Å². The van der Waals surface area contributed by atoms with Crippen molar-refractivity contribution in [3.05, 3.63) is 0 Å². The van der Waals surface area contributed by atoms with Crippen LogP contribution in [0.2, 0.25) is 0 Å². The lowest BCUT2D eigenvalue weighted by Crippen LogP contribution is -2.42. The number of hydrogen-bond donors (Lipinski definition) is 0. The lowest BCUT2D eigenvalue weighted by Gasteiger charge is -2.37. The standard InChI is InChI=1S/C9H16F2O2/c1-9(2,3)7-4-6(8(10)11)12-5-13-7/h6-8H,4-5H2,1-3H3/t6-,7-/m1/s1. The maximum Gasteiger partial charge on any atom is 0.264 e. The van der Waals surface area contributed by atoms with Gasteiger partial charge in [-0.3, -0.25) is 0 Å². The Labute approximate surface area is 77.2 Å². The van der Waals surface area contributed by atoms with Crippen molar-refractivity contribution < 1.29 is 18.3 Å². The molecular weight excluding hydrogens is 178 g/mol. The monoisotopic (exact) mass is 194 g/mol. The van der Waals surface area contributed by atoms with Crippen LogP contribution in [0, 0.1) is 5.41 Å². The normalized spacial score (nSPS) is 30.9. The maximum absolute atomic E-state index is 12.3. The van der Waals surface area contributed by atoms with E-state index in [-0.39, 0.29) is 24.7 Å². The van der Waals surface area contributed by atoms with Gasteiger partial charge in [-0.2, -0.15) is 0 Å². The second-order valence-corrected chi connectivity index (χ2v) is 4.41. The van der Waals surface area contributed by atoms with Gasteiger partial charge in [-0.25, -0.2) is 8.78 Å². The quantitative estimate of drug-likeness (QED) is 0.638. The van der Waals surface area contributed by atoms with Crippen molar-refractivity contribution in [2.75, 3.05) is 6.79 Å². The van der Waals surface area contributed by atoms with E-state index in [9.17, 15) is 8.78 Å². The van der Waals surface area contributed by atoms with Crippen molar-refractivity contribution in [2.24, 2.45) is 5.41 Å². The van der Waals surface area contributed by atoms with Gasteiger partial charge in [0.15, 0.2) is 0 Å². The smallest absolute Gasteiger partial charge is 0.264 e. The molecule has 13 heavy (non-hydrogen) atoms. The van der Waals surface area contributed by atoms with Crippen molar-refractivity contribution in [1.29, 1.82) is 0 Å². The van der Waals surface area contributed by atoms with Crippen LogP contribution in [0.4, 0.5) is 8.78 Å². The van der Waals surface area contributed by atoms with E-state index in [1.807, 2.05) is 20.8 Å². The molecule has 0 saturated carbocycles. The van der Waals surface area contributed by atoms with Gasteiger partial charge in [0.2, 0.25) is 0 Å². The molecule has 1 heterocycles. The molecule has 1 rings (SSSR count). The largest absolute Gasteiger partial charge is 0.352 e. The van der Waals surface area contributed by atoms with E-state index in [1.54, 1.807) is 0 Å². The molecule has 0 amide bonds. The fraction of sp³-hybridized carbons (Fsp3) is 1.00. The molecule has 4 heteroatoms. The number of halogens is 2. The summed E-state index contributed by atoms with van der Waals surface area (Å²) >= 11 is 0. The van der Waals surface area contributed by atoms with Crippen LogP contribution in [0.3, 0.4) is 0 Å². The molecule has 0 aromatic rings. The molecule has 1 aliphatic rings. The van der Waals surface area contributed by atoms with Crippen LogP contribution < -0.4 is 0 Å². The van der Waals surface area contributed by atoms with Crippen molar-refractivity contribution in [1.82, 2.24) is 0 Å². The van der Waals surface area contributed by atoms with Gasteiger partial charge in [0, 0.05) is 6.42 Å². The van der Waals surface area contributed by atoms with E-state index in [1.165, 1.54) is 0 Å². The Hall–Kier alpha value is -0.220. The van der Waals surface area contributed by atoms with Crippen LogP contribution in [-0.4, -0.2) is 25.4 Å². The van der Waals surface area contributed by atoms with E-state index in [0.717, 1.165) is 0 Å². The van der Waals surface area contributed by atoms with Gasteiger partial charge in [-0.1, -0.05) is 20.8 Å². The lowest BCUT2D eigenvalue weighted by atomic mass is 9.85. The molecule has 1 saturated heterocycles. The summed E-state index contributed by atoms with van der Waals surface area (Å²) < 4.78 is 34.7. The zero-order valence-electron chi connectivity index (χ0n) is 8.22. The summed E-state index contributed by atoms with van der Waals surface area (Å²) in [5.74, 6) is 0. The summed E-state index contributed by atoms with van der Waals surface area (Å²) in [6.07, 6.45) is -3.23. The molecule has 0 bridgehead atoms. The van der Waals surface area contributed by atoms with Crippen LogP contribution in [0.15, 0.2) is 0 Å². The van der Waals surface area contributed by atoms with Gasteiger partial charge >= 0.3 is 0 Å². The number of rotatable bonds is 1. The van der Waals surface area contributed by atoms with Crippen LogP contribution in [0.1, 0.15) is 27.2 Å². The highest BCUT2D eigenvalue weighted by Gasteiger charge is 2.35. The molecule has 1 aliphatic heterocycles. The average molecular weight is 194 g/mol. The molecule has 0 aromatic heterocycles. The third-order valence-electron chi connectivity index (χ3n) is 2.24. The first kappa shape index (κ1) is 10.9. The highest BCUT2D eigenvalue weighted by atomic mass is 19.3. The predicted octanol–water partition coefficient (Wildman–Crippen LogP) is 2.43. The summed E-state index contributed by atoms with van der Waals surface area (Å²) in [6, 6.07) is 0.